The van der Waals surface area contributed by atoms with Gasteiger partial charge in [0.2, 0.25) is 0 Å². The van der Waals surface area contributed by atoms with Crippen molar-refractivity contribution in [3.8, 4) is 6.07 Å². The minimum Gasteiger partial charge on any atom is -0.290 e. The molecule has 0 aromatic carbocycles. The van der Waals surface area contributed by atoms with Gasteiger partial charge in [-0.05, 0) is 30.4 Å². The Hall–Kier alpha value is -1.37. The van der Waals surface area contributed by atoms with E-state index in [0.717, 1.165) is 24.9 Å². The lowest BCUT2D eigenvalue weighted by atomic mass is 9.71. The molecule has 21 heavy (non-hydrogen) atoms. The molecule has 2 aliphatic heterocycles. The van der Waals surface area contributed by atoms with Crippen LogP contribution >= 0.6 is 11.6 Å². The number of hydrogen-bond acceptors (Lipinski definition) is 3. The fourth-order valence-corrected chi connectivity index (χ4v) is 3.82. The number of aromatic nitrogens is 1. The number of nitrogens with zero attached hydrogens (tertiary/aromatic N) is 3. The Balaban J connectivity index is 1.90. The molecule has 3 rings (SSSR count). The summed E-state index contributed by atoms with van der Waals surface area (Å²) in [5.41, 5.74) is 0.491. The minimum atomic E-state index is -0.468. The number of hydrogen-bond donors (Lipinski definition) is 0. The second kappa shape index (κ2) is 5.44. The van der Waals surface area contributed by atoms with Crippen LogP contribution in [0.25, 0.3) is 0 Å². The van der Waals surface area contributed by atoms with Crippen LogP contribution in [0.15, 0.2) is 30.6 Å². The molecule has 0 radical (unpaired) electrons. The van der Waals surface area contributed by atoms with Crippen molar-refractivity contribution in [1.82, 2.24) is 9.88 Å². The van der Waals surface area contributed by atoms with E-state index in [9.17, 15) is 5.26 Å². The molecular formula is C17H20ClN3. The van der Waals surface area contributed by atoms with Crippen molar-refractivity contribution in [3.05, 3.63) is 41.2 Å². The summed E-state index contributed by atoms with van der Waals surface area (Å²) in [6, 6.07) is 5.17. The molecule has 1 saturated heterocycles. The third-order valence-electron chi connectivity index (χ3n) is 4.57. The third kappa shape index (κ3) is 2.59. The fraction of sp³-hybridized carbons (Fsp3) is 0.529. The van der Waals surface area contributed by atoms with Crippen LogP contribution in [0.1, 0.15) is 32.3 Å². The molecule has 0 amide bonds. The first-order valence-corrected chi connectivity index (χ1v) is 7.88. The average molecular weight is 302 g/mol. The summed E-state index contributed by atoms with van der Waals surface area (Å²) in [5.74, 6) is 0.636. The van der Waals surface area contributed by atoms with E-state index in [1.165, 1.54) is 0 Å². The van der Waals surface area contributed by atoms with Gasteiger partial charge in [-0.15, -0.1) is 0 Å². The van der Waals surface area contributed by atoms with Gasteiger partial charge < -0.3 is 0 Å². The van der Waals surface area contributed by atoms with Gasteiger partial charge in [0.15, 0.2) is 0 Å². The van der Waals surface area contributed by atoms with Gasteiger partial charge in [0.25, 0.3) is 0 Å². The molecule has 0 aliphatic carbocycles. The highest BCUT2D eigenvalue weighted by atomic mass is 35.5. The Morgan fingerprint density at radius 1 is 1.38 bits per heavy atom. The van der Waals surface area contributed by atoms with E-state index in [1.807, 2.05) is 6.07 Å². The van der Waals surface area contributed by atoms with Crippen LogP contribution in [-0.4, -0.2) is 28.5 Å². The van der Waals surface area contributed by atoms with Gasteiger partial charge in [0, 0.05) is 31.0 Å². The predicted molar refractivity (Wildman–Crippen MR) is 84.0 cm³/mol. The summed E-state index contributed by atoms with van der Waals surface area (Å²) in [6.07, 6.45) is 9.61. The average Bonchev–Trinajstić information content (AvgIpc) is 2.70. The Morgan fingerprint density at radius 2 is 2.05 bits per heavy atom. The molecule has 0 N–H and O–H groups in total. The normalized spacial score (nSPS) is 31.6. The van der Waals surface area contributed by atoms with Gasteiger partial charge in [0.1, 0.15) is 0 Å². The van der Waals surface area contributed by atoms with Crippen molar-refractivity contribution in [1.29, 1.82) is 5.26 Å². The lowest BCUT2D eigenvalue weighted by Crippen LogP contribution is -2.50. The molecule has 2 aliphatic rings. The van der Waals surface area contributed by atoms with Crippen molar-refractivity contribution in [2.45, 2.75) is 44.2 Å². The number of nitriles is 1. The molecule has 4 heteroatoms. The number of pyridine rings is 1. The van der Waals surface area contributed by atoms with Crippen molar-refractivity contribution in [2.75, 3.05) is 6.54 Å². The van der Waals surface area contributed by atoms with Crippen LogP contribution < -0.4 is 0 Å². The molecule has 0 saturated carbocycles. The van der Waals surface area contributed by atoms with Gasteiger partial charge in [0.05, 0.1) is 16.5 Å². The summed E-state index contributed by atoms with van der Waals surface area (Å²) in [6.45, 7) is 5.57. The molecule has 2 atom stereocenters. The zero-order valence-corrected chi connectivity index (χ0v) is 13.2. The highest BCUT2D eigenvalue weighted by molar-refractivity contribution is 6.30. The molecule has 3 nitrogen and oxygen atoms in total. The van der Waals surface area contributed by atoms with E-state index in [0.29, 0.717) is 23.0 Å². The van der Waals surface area contributed by atoms with Crippen molar-refractivity contribution < 1.29 is 0 Å². The van der Waals surface area contributed by atoms with Crippen LogP contribution in [0, 0.1) is 17.2 Å². The topological polar surface area (TPSA) is 39.9 Å². The zero-order chi connectivity index (χ0) is 15.0. The largest absolute Gasteiger partial charge is 0.290 e. The van der Waals surface area contributed by atoms with Gasteiger partial charge in [-0.25, -0.2) is 0 Å². The zero-order valence-electron chi connectivity index (χ0n) is 12.5. The second-order valence-corrected chi connectivity index (χ2v) is 7.04. The Kier molecular flexibility index (Phi) is 3.77. The van der Waals surface area contributed by atoms with E-state index in [-0.39, 0.29) is 0 Å². The molecular weight excluding hydrogens is 282 g/mol. The van der Waals surface area contributed by atoms with E-state index in [1.54, 1.807) is 12.4 Å². The highest BCUT2D eigenvalue weighted by Gasteiger charge is 2.47. The summed E-state index contributed by atoms with van der Waals surface area (Å²) in [4.78, 5) is 6.70. The fourth-order valence-electron chi connectivity index (χ4n) is 3.65. The van der Waals surface area contributed by atoms with Crippen LogP contribution in [-0.2, 0) is 5.41 Å². The first-order valence-electron chi connectivity index (χ1n) is 7.50. The summed E-state index contributed by atoms with van der Waals surface area (Å²) in [7, 11) is 0. The van der Waals surface area contributed by atoms with Crippen LogP contribution in [0.5, 0.6) is 0 Å². The van der Waals surface area contributed by atoms with E-state index in [4.69, 9.17) is 11.6 Å². The molecule has 0 spiro atoms. The molecule has 110 valence electrons. The first kappa shape index (κ1) is 14.6. The SMILES string of the molecule is CC(C)CN1C2C=CC1CC(C#N)(c1cncc(Cl)c1)C2. The predicted octanol–water partition coefficient (Wildman–Crippen LogP) is 3.56. The van der Waals surface area contributed by atoms with Gasteiger partial charge in [-0.1, -0.05) is 37.6 Å². The lowest BCUT2D eigenvalue weighted by Gasteiger charge is -2.44. The van der Waals surface area contributed by atoms with Crippen molar-refractivity contribution >= 4 is 11.6 Å². The number of fused-ring (bicyclic) bond motifs is 2. The Morgan fingerprint density at radius 3 is 2.57 bits per heavy atom. The van der Waals surface area contributed by atoms with Gasteiger partial charge in [-0.2, -0.15) is 5.26 Å². The smallest absolute Gasteiger partial charge is 0.0873 e. The van der Waals surface area contributed by atoms with Crippen molar-refractivity contribution in [2.24, 2.45) is 5.92 Å². The van der Waals surface area contributed by atoms with Crippen LogP contribution in [0.4, 0.5) is 0 Å². The maximum atomic E-state index is 9.85. The summed E-state index contributed by atoms with van der Waals surface area (Å²) < 4.78 is 0. The molecule has 2 unspecified atom stereocenters. The quantitative estimate of drug-likeness (QED) is 0.802. The maximum Gasteiger partial charge on any atom is 0.0873 e. The monoisotopic (exact) mass is 301 g/mol. The van der Waals surface area contributed by atoms with Crippen LogP contribution in [0.2, 0.25) is 5.02 Å². The lowest BCUT2D eigenvalue weighted by molar-refractivity contribution is 0.105. The van der Waals surface area contributed by atoms with E-state index in [2.05, 4.69) is 42.0 Å². The molecule has 1 fully saturated rings. The minimum absolute atomic E-state index is 0.352. The second-order valence-electron chi connectivity index (χ2n) is 6.60. The molecule has 2 bridgehead atoms. The molecule has 3 heterocycles. The number of halogens is 1. The Labute approximate surface area is 131 Å². The molecule has 1 aromatic heterocycles. The van der Waals surface area contributed by atoms with Gasteiger partial charge >= 0.3 is 0 Å². The summed E-state index contributed by atoms with van der Waals surface area (Å²) in [5, 5.41) is 10.5. The first-order chi connectivity index (χ1) is 10.0. The van der Waals surface area contributed by atoms with E-state index < -0.39 is 5.41 Å². The van der Waals surface area contributed by atoms with Crippen molar-refractivity contribution in [3.63, 3.8) is 0 Å². The number of rotatable bonds is 3. The molecule has 1 aromatic rings. The van der Waals surface area contributed by atoms with Gasteiger partial charge in [-0.3, -0.25) is 9.88 Å². The third-order valence-corrected chi connectivity index (χ3v) is 4.78. The summed E-state index contributed by atoms with van der Waals surface area (Å²) >= 11 is 6.07. The Bertz CT molecular complexity index is 586. The highest BCUT2D eigenvalue weighted by Crippen LogP contribution is 2.44. The standard InChI is InChI=1S/C17H20ClN3/c1-12(2)10-21-15-3-4-16(21)7-17(6-15,11-19)13-5-14(18)9-20-8-13/h3-5,8-9,12,15-16H,6-7,10H2,1-2H3. The van der Waals surface area contributed by atoms with E-state index >= 15 is 0 Å². The van der Waals surface area contributed by atoms with Crippen LogP contribution in [0.3, 0.4) is 0 Å². The maximum absolute atomic E-state index is 9.85. The number of piperidine rings is 1.